The number of hydrogen-bond acceptors (Lipinski definition) is 5. The first kappa shape index (κ1) is 24.5. The standard InChI is InChI=1S/C26H27F5N4O2/c27-16-7-19(23(29)21(28)8-16)22-9-18(20-10-26(20,30)31)24(34-33-22)32-17-5-14-11-35(12-15(14)6-17)25(36)13-1-3-37-4-2-13/h7-9,13-15,17,20H,1-6,10-12H2,(H,32,34)/t14-,15+,17?,20?. The molecule has 4 aliphatic rings. The summed E-state index contributed by atoms with van der Waals surface area (Å²) in [6, 6.07) is 2.40. The number of halogens is 5. The van der Waals surface area contributed by atoms with E-state index in [9.17, 15) is 26.7 Å². The van der Waals surface area contributed by atoms with Gasteiger partial charge in [0.05, 0.1) is 11.6 Å². The molecule has 11 heteroatoms. The molecule has 0 spiro atoms. The van der Waals surface area contributed by atoms with Crippen molar-refractivity contribution in [3.63, 3.8) is 0 Å². The van der Waals surface area contributed by atoms with Crippen LogP contribution >= 0.6 is 0 Å². The number of likely N-dealkylation sites (tertiary alicyclic amines) is 1. The highest BCUT2D eigenvalue weighted by molar-refractivity contribution is 5.79. The lowest BCUT2D eigenvalue weighted by Crippen LogP contribution is -2.38. The summed E-state index contributed by atoms with van der Waals surface area (Å²) in [5.74, 6) is -6.74. The summed E-state index contributed by atoms with van der Waals surface area (Å²) in [4.78, 5) is 14.9. The quantitative estimate of drug-likeness (QED) is 0.453. The summed E-state index contributed by atoms with van der Waals surface area (Å²) >= 11 is 0. The molecule has 2 unspecified atom stereocenters. The highest BCUT2D eigenvalue weighted by Crippen LogP contribution is 2.57. The molecule has 2 aliphatic carbocycles. The summed E-state index contributed by atoms with van der Waals surface area (Å²) in [7, 11) is 0. The van der Waals surface area contributed by atoms with E-state index in [1.807, 2.05) is 4.90 Å². The predicted molar refractivity (Wildman–Crippen MR) is 123 cm³/mol. The highest BCUT2D eigenvalue weighted by Gasteiger charge is 2.59. The second-order valence-corrected chi connectivity index (χ2v) is 10.8. The Hall–Kier alpha value is -2.82. The van der Waals surface area contributed by atoms with Gasteiger partial charge in [-0.15, -0.1) is 10.2 Å². The predicted octanol–water partition coefficient (Wildman–Crippen LogP) is 4.76. The van der Waals surface area contributed by atoms with Gasteiger partial charge in [0.25, 0.3) is 5.92 Å². The van der Waals surface area contributed by atoms with Gasteiger partial charge in [0.2, 0.25) is 5.91 Å². The van der Waals surface area contributed by atoms with Crippen LogP contribution in [0.25, 0.3) is 11.3 Å². The number of alkyl halides is 2. The largest absolute Gasteiger partial charge is 0.381 e. The molecule has 1 aromatic heterocycles. The van der Waals surface area contributed by atoms with Crippen molar-refractivity contribution in [2.24, 2.45) is 17.8 Å². The van der Waals surface area contributed by atoms with Crippen molar-refractivity contribution >= 4 is 11.7 Å². The first-order valence-electron chi connectivity index (χ1n) is 12.7. The summed E-state index contributed by atoms with van der Waals surface area (Å²) in [5, 5.41) is 11.2. The van der Waals surface area contributed by atoms with E-state index in [2.05, 4.69) is 15.5 Å². The van der Waals surface area contributed by atoms with Crippen LogP contribution in [0.15, 0.2) is 18.2 Å². The molecule has 2 saturated heterocycles. The van der Waals surface area contributed by atoms with Crippen molar-refractivity contribution in [3.8, 4) is 11.3 Å². The van der Waals surface area contributed by atoms with Gasteiger partial charge in [0.1, 0.15) is 5.82 Å². The van der Waals surface area contributed by atoms with Crippen LogP contribution in [-0.2, 0) is 9.53 Å². The van der Waals surface area contributed by atoms with Crippen molar-refractivity contribution < 1.29 is 31.5 Å². The normalized spacial score (nSPS) is 28.8. The SMILES string of the molecule is O=C(C1CCOCC1)N1C[C@H]2CC(Nc3nnc(-c4cc(F)cc(F)c4F)cc3C3CC3(F)F)C[C@H]2C1. The molecular weight excluding hydrogens is 495 g/mol. The van der Waals surface area contributed by atoms with E-state index in [1.54, 1.807) is 0 Å². The molecule has 1 amide bonds. The van der Waals surface area contributed by atoms with Crippen molar-refractivity contribution in [2.45, 2.75) is 50.0 Å². The molecule has 0 bridgehead atoms. The third-order valence-electron chi connectivity index (χ3n) is 8.27. The van der Waals surface area contributed by atoms with Gasteiger partial charge < -0.3 is 15.0 Å². The van der Waals surface area contributed by atoms with Gasteiger partial charge in [0.15, 0.2) is 17.5 Å². The fourth-order valence-electron chi connectivity index (χ4n) is 6.20. The molecule has 0 radical (unpaired) electrons. The molecule has 6 rings (SSSR count). The number of carbonyl (C=O) groups excluding carboxylic acids is 1. The van der Waals surface area contributed by atoms with Gasteiger partial charge in [-0.1, -0.05) is 0 Å². The zero-order chi connectivity index (χ0) is 25.9. The van der Waals surface area contributed by atoms with Crippen molar-refractivity contribution in [2.75, 3.05) is 31.6 Å². The van der Waals surface area contributed by atoms with Gasteiger partial charge in [-0.25, -0.2) is 22.0 Å². The molecule has 2 aliphatic heterocycles. The molecule has 4 atom stereocenters. The molecular formula is C26H27F5N4O2. The maximum absolute atomic E-state index is 14.3. The van der Waals surface area contributed by atoms with Crippen LogP contribution in [0.3, 0.4) is 0 Å². The number of carbonyl (C=O) groups is 1. The lowest BCUT2D eigenvalue weighted by Gasteiger charge is -2.27. The Bertz CT molecular complexity index is 1210. The van der Waals surface area contributed by atoms with Crippen LogP contribution in [0.1, 0.15) is 43.6 Å². The lowest BCUT2D eigenvalue weighted by molar-refractivity contribution is -0.137. The van der Waals surface area contributed by atoms with Crippen molar-refractivity contribution in [3.05, 3.63) is 41.2 Å². The zero-order valence-corrected chi connectivity index (χ0v) is 20.0. The van der Waals surface area contributed by atoms with Crippen LogP contribution in [0.5, 0.6) is 0 Å². The fraction of sp³-hybridized carbons (Fsp3) is 0.577. The zero-order valence-electron chi connectivity index (χ0n) is 20.0. The molecule has 198 valence electrons. The maximum atomic E-state index is 14.3. The Morgan fingerprint density at radius 2 is 1.70 bits per heavy atom. The summed E-state index contributed by atoms with van der Waals surface area (Å²) < 4.78 is 75.3. The third kappa shape index (κ3) is 4.66. The molecule has 2 saturated carbocycles. The molecule has 2 aromatic rings. The van der Waals surface area contributed by atoms with Crippen LogP contribution in [0.2, 0.25) is 0 Å². The summed E-state index contributed by atoms with van der Waals surface area (Å²) in [6.45, 7) is 2.60. The molecule has 1 aromatic carbocycles. The monoisotopic (exact) mass is 522 g/mol. The minimum Gasteiger partial charge on any atom is -0.381 e. The number of ether oxygens (including phenoxy) is 1. The molecule has 6 nitrogen and oxygen atoms in total. The van der Waals surface area contributed by atoms with E-state index in [1.165, 1.54) is 6.07 Å². The number of benzene rings is 1. The minimum atomic E-state index is -2.93. The third-order valence-corrected chi connectivity index (χ3v) is 8.27. The van der Waals surface area contributed by atoms with E-state index in [4.69, 9.17) is 4.74 Å². The Kier molecular flexibility index (Phi) is 6.08. The number of aromatic nitrogens is 2. The number of hydrogen-bond donors (Lipinski definition) is 1. The molecule has 1 N–H and O–H groups in total. The number of fused-ring (bicyclic) bond motifs is 1. The van der Waals surface area contributed by atoms with E-state index in [-0.39, 0.29) is 41.4 Å². The molecule has 3 heterocycles. The number of nitrogens with one attached hydrogen (secondary N) is 1. The average Bonchev–Trinajstić information content (AvgIpc) is 3.15. The molecule has 4 fully saturated rings. The van der Waals surface area contributed by atoms with Gasteiger partial charge in [0, 0.05) is 61.9 Å². The minimum absolute atomic E-state index is 0.0226. The Morgan fingerprint density at radius 3 is 2.35 bits per heavy atom. The van der Waals surface area contributed by atoms with Crippen LogP contribution in [0, 0.1) is 35.2 Å². The first-order valence-corrected chi connectivity index (χ1v) is 12.7. The van der Waals surface area contributed by atoms with Gasteiger partial charge in [-0.3, -0.25) is 4.79 Å². The second kappa shape index (κ2) is 9.18. The van der Waals surface area contributed by atoms with E-state index in [0.717, 1.165) is 31.7 Å². The van der Waals surface area contributed by atoms with E-state index in [0.29, 0.717) is 44.2 Å². The number of nitrogens with zero attached hydrogens (tertiary/aromatic N) is 3. The van der Waals surface area contributed by atoms with Gasteiger partial charge in [-0.05, 0) is 49.7 Å². The van der Waals surface area contributed by atoms with E-state index >= 15 is 0 Å². The Morgan fingerprint density at radius 1 is 1.03 bits per heavy atom. The van der Waals surface area contributed by atoms with Crippen LogP contribution in [0.4, 0.5) is 27.8 Å². The summed E-state index contributed by atoms with van der Waals surface area (Å²) in [5.41, 5.74) is -0.511. The van der Waals surface area contributed by atoms with Crippen LogP contribution in [-0.4, -0.2) is 59.3 Å². The topological polar surface area (TPSA) is 67.3 Å². The van der Waals surface area contributed by atoms with Gasteiger partial charge in [-0.2, -0.15) is 0 Å². The molecule has 37 heavy (non-hydrogen) atoms. The number of anilines is 1. The van der Waals surface area contributed by atoms with Crippen LogP contribution < -0.4 is 5.32 Å². The maximum Gasteiger partial charge on any atom is 0.256 e. The van der Waals surface area contributed by atoms with Gasteiger partial charge >= 0.3 is 0 Å². The van der Waals surface area contributed by atoms with E-state index < -0.39 is 34.9 Å². The average molecular weight is 523 g/mol. The van der Waals surface area contributed by atoms with Crippen molar-refractivity contribution in [1.82, 2.24) is 15.1 Å². The number of rotatable bonds is 5. The smallest absolute Gasteiger partial charge is 0.256 e. The Labute approximate surface area is 210 Å². The Balaban J connectivity index is 1.17. The fourth-order valence-corrected chi connectivity index (χ4v) is 6.20. The highest BCUT2D eigenvalue weighted by atomic mass is 19.3. The lowest BCUT2D eigenvalue weighted by atomic mass is 9.98. The first-order chi connectivity index (χ1) is 17.7. The summed E-state index contributed by atoms with van der Waals surface area (Å²) in [6.07, 6.45) is 2.65. The van der Waals surface area contributed by atoms with Crippen molar-refractivity contribution in [1.29, 1.82) is 0 Å². The second-order valence-electron chi connectivity index (χ2n) is 10.8. The number of amides is 1.